The third kappa shape index (κ3) is 5.02. The molecule has 1 fully saturated rings. The second-order valence-electron chi connectivity index (χ2n) is 6.74. The van der Waals surface area contributed by atoms with Crippen molar-refractivity contribution in [3.05, 3.63) is 36.0 Å². The molecule has 4 N–H and O–H groups in total. The number of anilines is 1. The Hall–Kier alpha value is -2.26. The highest BCUT2D eigenvalue weighted by Gasteiger charge is 2.16. The van der Waals surface area contributed by atoms with Gasteiger partial charge in [-0.15, -0.1) is 24.8 Å². The van der Waals surface area contributed by atoms with E-state index in [-0.39, 0.29) is 30.7 Å². The first-order chi connectivity index (χ1) is 13.1. The van der Waals surface area contributed by atoms with Crippen molar-refractivity contribution in [2.45, 2.75) is 0 Å². The number of benzene rings is 1. The summed E-state index contributed by atoms with van der Waals surface area (Å²) in [5, 5.41) is 8.27. The molecule has 0 radical (unpaired) electrons. The number of ether oxygens (including phenoxy) is 1. The van der Waals surface area contributed by atoms with Gasteiger partial charge in [0, 0.05) is 49.8 Å². The van der Waals surface area contributed by atoms with Gasteiger partial charge in [0.2, 0.25) is 0 Å². The molecule has 3 heterocycles. The number of H-pyrrole nitrogens is 1. The van der Waals surface area contributed by atoms with Gasteiger partial charge in [-0.1, -0.05) is 6.07 Å². The lowest BCUT2D eigenvalue weighted by Gasteiger charge is -2.26. The number of carbonyl (C=O) groups excluding carboxylic acids is 1. The number of aromatic nitrogens is 3. The number of nitrogens with two attached hydrogens (primary N) is 1. The Kier molecular flexibility index (Phi) is 7.92. The molecule has 0 spiro atoms. The molecule has 2 aromatic heterocycles. The first kappa shape index (κ1) is 23.0. The highest BCUT2D eigenvalue weighted by Crippen LogP contribution is 2.27. The van der Waals surface area contributed by atoms with Crippen LogP contribution in [0.5, 0.6) is 0 Å². The lowest BCUT2D eigenvalue weighted by Crippen LogP contribution is -2.41. The minimum atomic E-state index is -0.166. The number of aromatic amines is 1. The fourth-order valence-corrected chi connectivity index (χ4v) is 3.39. The molecule has 158 valence electrons. The standard InChI is InChI=1S/C19H24N6O2.2ClH/c1-24-18(16-11-13-14(20)3-2-4-15(13)22-16)12-17(23-24)19(26)21-5-6-25-7-9-27-10-8-25;;/h2-4,11-12,22H,5-10,20H2,1H3,(H,21,26);2*1H. The van der Waals surface area contributed by atoms with E-state index in [4.69, 9.17) is 10.5 Å². The van der Waals surface area contributed by atoms with Crippen molar-refractivity contribution in [2.75, 3.05) is 45.1 Å². The van der Waals surface area contributed by atoms with Crippen LogP contribution in [0.2, 0.25) is 0 Å². The summed E-state index contributed by atoms with van der Waals surface area (Å²) in [7, 11) is 1.83. The van der Waals surface area contributed by atoms with Crippen molar-refractivity contribution in [3.8, 4) is 11.4 Å². The van der Waals surface area contributed by atoms with Gasteiger partial charge in [0.05, 0.1) is 24.6 Å². The average molecular weight is 441 g/mol. The highest BCUT2D eigenvalue weighted by molar-refractivity contribution is 5.96. The predicted octanol–water partition coefficient (Wildman–Crippen LogP) is 2.06. The summed E-state index contributed by atoms with van der Waals surface area (Å²) >= 11 is 0. The number of carbonyl (C=O) groups is 1. The zero-order valence-corrected chi connectivity index (χ0v) is 17.8. The van der Waals surface area contributed by atoms with Crippen LogP contribution in [0.4, 0.5) is 5.69 Å². The van der Waals surface area contributed by atoms with E-state index in [1.165, 1.54) is 0 Å². The summed E-state index contributed by atoms with van der Waals surface area (Å²) in [5.41, 5.74) is 9.84. The third-order valence-corrected chi connectivity index (χ3v) is 4.90. The quantitative estimate of drug-likeness (QED) is 0.527. The van der Waals surface area contributed by atoms with Crippen LogP contribution in [0.25, 0.3) is 22.3 Å². The molecule has 0 aliphatic carbocycles. The Morgan fingerprint density at radius 3 is 2.76 bits per heavy atom. The number of amides is 1. The number of fused-ring (bicyclic) bond motifs is 1. The van der Waals surface area contributed by atoms with Crippen molar-refractivity contribution in [1.82, 2.24) is 25.0 Å². The third-order valence-electron chi connectivity index (χ3n) is 4.90. The molecule has 0 saturated carbocycles. The van der Waals surface area contributed by atoms with Crippen molar-refractivity contribution >= 4 is 47.3 Å². The van der Waals surface area contributed by atoms with Crippen molar-refractivity contribution < 1.29 is 9.53 Å². The van der Waals surface area contributed by atoms with Gasteiger partial charge in [-0.05, 0) is 24.3 Å². The van der Waals surface area contributed by atoms with E-state index in [9.17, 15) is 4.79 Å². The Labute approximate surface area is 181 Å². The van der Waals surface area contributed by atoms with Gasteiger partial charge in [0.1, 0.15) is 0 Å². The molecule has 1 aromatic carbocycles. The maximum atomic E-state index is 12.4. The molecule has 1 saturated heterocycles. The fraction of sp³-hybridized carbons (Fsp3) is 0.368. The van der Waals surface area contributed by atoms with Crippen LogP contribution in [-0.2, 0) is 11.8 Å². The van der Waals surface area contributed by atoms with Crippen LogP contribution in [0.3, 0.4) is 0 Å². The summed E-state index contributed by atoms with van der Waals surface area (Å²) in [6.45, 7) is 4.74. The normalized spacial score (nSPS) is 14.2. The topological polar surface area (TPSA) is 101 Å². The molecule has 8 nitrogen and oxygen atoms in total. The van der Waals surface area contributed by atoms with E-state index in [2.05, 4.69) is 20.3 Å². The molecular weight excluding hydrogens is 415 g/mol. The first-order valence-corrected chi connectivity index (χ1v) is 9.12. The molecule has 0 bridgehead atoms. The molecule has 10 heteroatoms. The zero-order valence-electron chi connectivity index (χ0n) is 16.2. The van der Waals surface area contributed by atoms with Gasteiger partial charge < -0.3 is 20.8 Å². The number of hydrogen-bond donors (Lipinski definition) is 3. The van der Waals surface area contributed by atoms with E-state index in [1.54, 1.807) is 10.7 Å². The van der Waals surface area contributed by atoms with Gasteiger partial charge >= 0.3 is 0 Å². The second-order valence-corrected chi connectivity index (χ2v) is 6.74. The Morgan fingerprint density at radius 1 is 1.28 bits per heavy atom. The van der Waals surface area contributed by atoms with Gasteiger partial charge in [0.15, 0.2) is 5.69 Å². The summed E-state index contributed by atoms with van der Waals surface area (Å²) in [6, 6.07) is 9.54. The van der Waals surface area contributed by atoms with Crippen LogP contribution in [0.15, 0.2) is 30.3 Å². The summed E-state index contributed by atoms with van der Waals surface area (Å²) in [4.78, 5) is 18.1. The van der Waals surface area contributed by atoms with Gasteiger partial charge in [-0.25, -0.2) is 0 Å². The smallest absolute Gasteiger partial charge is 0.271 e. The van der Waals surface area contributed by atoms with E-state index in [1.807, 2.05) is 31.3 Å². The Bertz CT molecular complexity index is 965. The minimum absolute atomic E-state index is 0. The molecule has 29 heavy (non-hydrogen) atoms. The lowest BCUT2D eigenvalue weighted by atomic mass is 10.2. The number of nitrogens with zero attached hydrogens (tertiary/aromatic N) is 3. The molecule has 0 atom stereocenters. The lowest BCUT2D eigenvalue weighted by molar-refractivity contribution is 0.0383. The molecule has 4 rings (SSSR count). The van der Waals surface area contributed by atoms with E-state index < -0.39 is 0 Å². The first-order valence-electron chi connectivity index (χ1n) is 9.12. The van der Waals surface area contributed by atoms with Gasteiger partial charge in [-0.2, -0.15) is 5.10 Å². The van der Waals surface area contributed by atoms with Crippen molar-refractivity contribution in [3.63, 3.8) is 0 Å². The SMILES string of the molecule is Cl.Cl.Cn1nc(C(=O)NCCN2CCOCC2)cc1-c1cc2c(N)cccc2[nH]1. The Morgan fingerprint density at radius 2 is 2.03 bits per heavy atom. The van der Waals surface area contributed by atoms with Crippen molar-refractivity contribution in [1.29, 1.82) is 0 Å². The highest BCUT2D eigenvalue weighted by atomic mass is 35.5. The fourth-order valence-electron chi connectivity index (χ4n) is 3.39. The monoisotopic (exact) mass is 440 g/mol. The largest absolute Gasteiger partial charge is 0.398 e. The average Bonchev–Trinajstić information content (AvgIpc) is 3.27. The molecule has 1 aliphatic heterocycles. The summed E-state index contributed by atoms with van der Waals surface area (Å²) in [5.74, 6) is -0.166. The Balaban J connectivity index is 0.00000150. The number of morpholine rings is 1. The van der Waals surface area contributed by atoms with Crippen LogP contribution in [-0.4, -0.2) is 65.0 Å². The maximum Gasteiger partial charge on any atom is 0.271 e. The second kappa shape index (κ2) is 9.98. The number of hydrogen-bond acceptors (Lipinski definition) is 5. The summed E-state index contributed by atoms with van der Waals surface area (Å²) in [6.07, 6.45) is 0. The number of aryl methyl sites for hydroxylation is 1. The van der Waals surface area contributed by atoms with E-state index >= 15 is 0 Å². The summed E-state index contributed by atoms with van der Waals surface area (Å²) < 4.78 is 7.04. The van der Waals surface area contributed by atoms with Crippen LogP contribution < -0.4 is 11.1 Å². The molecule has 0 unspecified atom stereocenters. The number of nitrogens with one attached hydrogen (secondary N) is 2. The minimum Gasteiger partial charge on any atom is -0.398 e. The van der Waals surface area contributed by atoms with Crippen LogP contribution >= 0.6 is 24.8 Å². The molecular formula is C19H26Cl2N6O2. The van der Waals surface area contributed by atoms with Crippen molar-refractivity contribution in [2.24, 2.45) is 7.05 Å². The number of halogens is 2. The van der Waals surface area contributed by atoms with Gasteiger partial charge in [0.25, 0.3) is 5.91 Å². The number of rotatable bonds is 5. The predicted molar refractivity (Wildman–Crippen MR) is 119 cm³/mol. The molecule has 1 amide bonds. The van der Waals surface area contributed by atoms with E-state index in [0.717, 1.165) is 60.8 Å². The van der Waals surface area contributed by atoms with Crippen LogP contribution in [0.1, 0.15) is 10.5 Å². The van der Waals surface area contributed by atoms with E-state index in [0.29, 0.717) is 12.2 Å². The zero-order chi connectivity index (χ0) is 18.8. The molecule has 3 aromatic rings. The molecule has 1 aliphatic rings. The maximum absolute atomic E-state index is 12.4. The van der Waals surface area contributed by atoms with Gasteiger partial charge in [-0.3, -0.25) is 14.4 Å². The van der Waals surface area contributed by atoms with Crippen LogP contribution in [0, 0.1) is 0 Å². The number of nitrogen functional groups attached to an aromatic ring is 1.